The molecule has 0 aromatic rings. The third-order valence-corrected chi connectivity index (χ3v) is 3.89. The van der Waals surface area contributed by atoms with Gasteiger partial charge in [0.25, 0.3) is 0 Å². The Labute approximate surface area is 188 Å². The first kappa shape index (κ1) is 31.2. The molecule has 1 heterocycles. The van der Waals surface area contributed by atoms with Gasteiger partial charge in [0, 0.05) is 63.5 Å². The lowest BCUT2D eigenvalue weighted by atomic mass is 10.0. The van der Waals surface area contributed by atoms with E-state index < -0.39 is 0 Å². The minimum atomic E-state index is -0.162. The smallest absolute Gasteiger partial charge is 0.244 e. The molecule has 0 bridgehead atoms. The standard InChI is InChI=1S/C15H29N3O.C5H12.C4H12N2/c1-13(2)18-11-9-17(10-12-18)8-6-7-14(19)16-15(3,4)5;1-5(2,3)4;1-5-3-4-6-2/h6-7,13H,8-12H2,1-5H3,(H,16,19);1-4H3;5-6H,3-4H2,1-2H3/b7-6+;;. The molecule has 0 radical (unpaired) electrons. The Balaban J connectivity index is 0. The molecule has 0 aromatic carbocycles. The van der Waals surface area contributed by atoms with Gasteiger partial charge in [-0.3, -0.25) is 14.6 Å². The van der Waals surface area contributed by atoms with Crippen molar-refractivity contribution in [1.82, 2.24) is 25.8 Å². The van der Waals surface area contributed by atoms with Crippen molar-refractivity contribution in [2.24, 2.45) is 5.41 Å². The highest BCUT2D eigenvalue weighted by atomic mass is 16.1. The van der Waals surface area contributed by atoms with Crippen LogP contribution in [0, 0.1) is 5.41 Å². The maximum atomic E-state index is 11.6. The molecule has 3 N–H and O–H groups in total. The lowest BCUT2D eigenvalue weighted by molar-refractivity contribution is -0.117. The molecule has 180 valence electrons. The summed E-state index contributed by atoms with van der Waals surface area (Å²) in [4.78, 5) is 16.5. The highest BCUT2D eigenvalue weighted by Crippen LogP contribution is 2.08. The van der Waals surface area contributed by atoms with Gasteiger partial charge in [-0.1, -0.05) is 33.8 Å². The van der Waals surface area contributed by atoms with Crippen LogP contribution >= 0.6 is 0 Å². The highest BCUT2D eigenvalue weighted by Gasteiger charge is 2.17. The van der Waals surface area contributed by atoms with E-state index in [1.807, 2.05) is 40.9 Å². The van der Waals surface area contributed by atoms with Crippen LogP contribution in [0.2, 0.25) is 0 Å². The Bertz CT molecular complexity index is 431. The first-order chi connectivity index (χ1) is 13.7. The molecule has 0 atom stereocenters. The molecule has 6 heteroatoms. The van der Waals surface area contributed by atoms with E-state index in [1.165, 1.54) is 0 Å². The van der Waals surface area contributed by atoms with Crippen molar-refractivity contribution >= 4 is 5.91 Å². The molecule has 1 aliphatic heterocycles. The van der Waals surface area contributed by atoms with E-state index in [1.54, 1.807) is 6.08 Å². The highest BCUT2D eigenvalue weighted by molar-refractivity contribution is 5.87. The topological polar surface area (TPSA) is 59.6 Å². The number of amides is 1. The molecule has 1 saturated heterocycles. The van der Waals surface area contributed by atoms with E-state index in [-0.39, 0.29) is 11.4 Å². The molecule has 0 aliphatic carbocycles. The second-order valence-corrected chi connectivity index (χ2v) is 10.8. The zero-order valence-electron chi connectivity index (χ0n) is 22.0. The quantitative estimate of drug-likeness (QED) is 0.431. The minimum Gasteiger partial charge on any atom is -0.348 e. The van der Waals surface area contributed by atoms with E-state index in [4.69, 9.17) is 0 Å². The van der Waals surface area contributed by atoms with Gasteiger partial charge >= 0.3 is 0 Å². The molecular formula is C24H53N5O. The van der Waals surface area contributed by atoms with Gasteiger partial charge in [-0.05, 0) is 54.1 Å². The molecule has 1 aliphatic rings. The van der Waals surface area contributed by atoms with Crippen molar-refractivity contribution in [3.8, 4) is 0 Å². The van der Waals surface area contributed by atoms with Crippen molar-refractivity contribution in [2.45, 2.75) is 73.9 Å². The summed E-state index contributed by atoms with van der Waals surface area (Å²) in [7, 11) is 3.88. The van der Waals surface area contributed by atoms with Crippen LogP contribution in [0.1, 0.15) is 62.3 Å². The normalized spacial score (nSPS) is 16.0. The maximum absolute atomic E-state index is 11.6. The van der Waals surface area contributed by atoms with Crippen LogP contribution in [-0.2, 0) is 4.79 Å². The third-order valence-electron chi connectivity index (χ3n) is 3.89. The zero-order valence-corrected chi connectivity index (χ0v) is 22.0. The molecule has 0 spiro atoms. The second kappa shape index (κ2) is 16.7. The Morgan fingerprint density at radius 2 is 1.33 bits per heavy atom. The van der Waals surface area contributed by atoms with Gasteiger partial charge in [-0.2, -0.15) is 0 Å². The molecule has 0 unspecified atom stereocenters. The van der Waals surface area contributed by atoms with Crippen molar-refractivity contribution in [2.75, 3.05) is 59.9 Å². The van der Waals surface area contributed by atoms with Crippen LogP contribution in [0.4, 0.5) is 0 Å². The molecule has 0 aromatic heterocycles. The van der Waals surface area contributed by atoms with E-state index in [0.29, 0.717) is 11.5 Å². The number of hydrogen-bond acceptors (Lipinski definition) is 5. The first-order valence-electron chi connectivity index (χ1n) is 11.4. The van der Waals surface area contributed by atoms with Gasteiger partial charge in [-0.15, -0.1) is 0 Å². The largest absolute Gasteiger partial charge is 0.348 e. The van der Waals surface area contributed by atoms with Crippen LogP contribution in [-0.4, -0.2) is 87.2 Å². The number of carbonyl (C=O) groups excluding carboxylic acids is 1. The summed E-state index contributed by atoms with van der Waals surface area (Å²) >= 11 is 0. The number of piperazine rings is 1. The minimum absolute atomic E-state index is 0.00619. The van der Waals surface area contributed by atoms with Crippen LogP contribution in [0.25, 0.3) is 0 Å². The number of nitrogens with one attached hydrogen (secondary N) is 3. The Hall–Kier alpha value is -0.950. The summed E-state index contributed by atoms with van der Waals surface area (Å²) in [6, 6.07) is 0.634. The molecule has 1 amide bonds. The summed E-state index contributed by atoms with van der Waals surface area (Å²) in [6.07, 6.45) is 3.62. The fraction of sp³-hybridized carbons (Fsp3) is 0.875. The van der Waals surface area contributed by atoms with E-state index in [9.17, 15) is 4.79 Å². The van der Waals surface area contributed by atoms with Crippen LogP contribution in [0.5, 0.6) is 0 Å². The summed E-state index contributed by atoms with van der Waals surface area (Å²) in [5.74, 6) is -0.00619. The fourth-order valence-electron chi connectivity index (χ4n) is 2.43. The fourth-order valence-corrected chi connectivity index (χ4v) is 2.43. The van der Waals surface area contributed by atoms with Crippen molar-refractivity contribution < 1.29 is 4.79 Å². The predicted octanol–water partition coefficient (Wildman–Crippen LogP) is 2.96. The summed E-state index contributed by atoms with van der Waals surface area (Å²) in [6.45, 7) is 26.6. The third kappa shape index (κ3) is 25.1. The molecular weight excluding hydrogens is 374 g/mol. The maximum Gasteiger partial charge on any atom is 0.244 e. The van der Waals surface area contributed by atoms with Crippen LogP contribution in [0.15, 0.2) is 12.2 Å². The first-order valence-corrected chi connectivity index (χ1v) is 11.4. The van der Waals surface area contributed by atoms with Gasteiger partial charge in [0.15, 0.2) is 0 Å². The van der Waals surface area contributed by atoms with Gasteiger partial charge in [0.1, 0.15) is 0 Å². The number of likely N-dealkylation sites (N-methyl/N-ethyl adjacent to an activating group) is 2. The summed E-state index contributed by atoms with van der Waals surface area (Å²) in [5.41, 5.74) is 0.338. The van der Waals surface area contributed by atoms with Gasteiger partial charge in [0.05, 0.1) is 0 Å². The number of carbonyl (C=O) groups is 1. The molecule has 1 fully saturated rings. The molecule has 30 heavy (non-hydrogen) atoms. The van der Waals surface area contributed by atoms with Crippen molar-refractivity contribution in [1.29, 1.82) is 0 Å². The monoisotopic (exact) mass is 427 g/mol. The second-order valence-electron chi connectivity index (χ2n) is 10.8. The molecule has 1 rings (SSSR count). The van der Waals surface area contributed by atoms with E-state index in [2.05, 4.69) is 67.3 Å². The van der Waals surface area contributed by atoms with Crippen LogP contribution in [0.3, 0.4) is 0 Å². The number of rotatable bonds is 7. The van der Waals surface area contributed by atoms with E-state index in [0.717, 1.165) is 45.8 Å². The molecule has 6 nitrogen and oxygen atoms in total. The average molecular weight is 428 g/mol. The SMILES string of the molecule is CC(C)(C)C.CC(C)N1CCN(C/C=C/C(=O)NC(C)(C)C)CC1.CNCCNC. The Kier molecular flexibility index (Phi) is 17.4. The Morgan fingerprint density at radius 1 is 0.900 bits per heavy atom. The van der Waals surface area contributed by atoms with Crippen LogP contribution < -0.4 is 16.0 Å². The molecule has 0 saturated carbocycles. The zero-order chi connectivity index (χ0) is 23.8. The number of nitrogens with zero attached hydrogens (tertiary/aromatic N) is 2. The predicted molar refractivity (Wildman–Crippen MR) is 133 cm³/mol. The summed E-state index contributed by atoms with van der Waals surface area (Å²) < 4.78 is 0. The van der Waals surface area contributed by atoms with Gasteiger partial charge < -0.3 is 16.0 Å². The lowest BCUT2D eigenvalue weighted by Gasteiger charge is -2.36. The van der Waals surface area contributed by atoms with Crippen molar-refractivity contribution in [3.05, 3.63) is 12.2 Å². The summed E-state index contributed by atoms with van der Waals surface area (Å²) in [5, 5.41) is 8.94. The van der Waals surface area contributed by atoms with Gasteiger partial charge in [0.2, 0.25) is 5.91 Å². The Morgan fingerprint density at radius 3 is 1.67 bits per heavy atom. The lowest BCUT2D eigenvalue weighted by Crippen LogP contribution is -2.48. The van der Waals surface area contributed by atoms with Gasteiger partial charge in [-0.25, -0.2) is 0 Å². The number of hydrogen-bond donors (Lipinski definition) is 3. The average Bonchev–Trinajstić information content (AvgIpc) is 2.58. The van der Waals surface area contributed by atoms with Crippen molar-refractivity contribution in [3.63, 3.8) is 0 Å². The van der Waals surface area contributed by atoms with E-state index >= 15 is 0 Å².